The molecule has 1 unspecified atom stereocenters. The van der Waals surface area contributed by atoms with E-state index >= 15 is 0 Å². The van der Waals surface area contributed by atoms with Gasteiger partial charge in [-0.1, -0.05) is 30.3 Å². The maximum absolute atomic E-state index is 12.0. The highest BCUT2D eigenvalue weighted by Crippen LogP contribution is 2.31. The minimum absolute atomic E-state index is 0.0838. The predicted molar refractivity (Wildman–Crippen MR) is 78.5 cm³/mol. The van der Waals surface area contributed by atoms with Gasteiger partial charge in [-0.05, 0) is 31.2 Å². The first-order chi connectivity index (χ1) is 9.16. The zero-order chi connectivity index (χ0) is 13.7. The summed E-state index contributed by atoms with van der Waals surface area (Å²) in [5.41, 5.74) is 0.775. The number of carbonyl (C=O) groups is 1. The van der Waals surface area contributed by atoms with Crippen molar-refractivity contribution in [3.8, 4) is 5.75 Å². The Morgan fingerprint density at radius 3 is 2.42 bits per heavy atom. The van der Waals surface area contributed by atoms with Crippen LogP contribution in [0.1, 0.15) is 6.92 Å². The fraction of sp³-hybridized carbons (Fsp3) is 0.133. The normalized spacial score (nSPS) is 11.8. The van der Waals surface area contributed by atoms with Crippen molar-refractivity contribution in [2.75, 3.05) is 5.32 Å². The molecule has 2 rings (SSSR count). The maximum Gasteiger partial charge on any atom is 0.237 e. The third-order valence-corrected chi connectivity index (χ3v) is 3.75. The molecule has 0 aromatic heterocycles. The molecule has 0 radical (unpaired) electrons. The number of phenolic OH excluding ortho intramolecular Hbond substituents is 1. The van der Waals surface area contributed by atoms with E-state index in [2.05, 4.69) is 5.32 Å². The third kappa shape index (κ3) is 3.76. The van der Waals surface area contributed by atoms with Crippen molar-refractivity contribution in [2.24, 2.45) is 0 Å². The van der Waals surface area contributed by atoms with E-state index in [1.54, 1.807) is 18.2 Å². The Hall–Kier alpha value is -1.94. The summed E-state index contributed by atoms with van der Waals surface area (Å²) in [5.74, 6) is 0.117. The van der Waals surface area contributed by atoms with Crippen molar-refractivity contribution in [2.45, 2.75) is 17.1 Å². The minimum Gasteiger partial charge on any atom is -0.507 e. The standard InChI is InChI=1S/C15H15NO2S/c1-11(19-14-10-6-5-9-13(14)17)15(18)16-12-7-3-2-4-8-12/h2-11,17H,1H3,(H,16,18). The van der Waals surface area contributed by atoms with E-state index in [4.69, 9.17) is 0 Å². The summed E-state index contributed by atoms with van der Waals surface area (Å²) in [6.07, 6.45) is 0. The quantitative estimate of drug-likeness (QED) is 0.838. The van der Waals surface area contributed by atoms with Gasteiger partial charge in [0.1, 0.15) is 5.75 Å². The van der Waals surface area contributed by atoms with Gasteiger partial charge in [-0.3, -0.25) is 4.79 Å². The molecule has 4 heteroatoms. The van der Waals surface area contributed by atoms with E-state index in [1.165, 1.54) is 11.8 Å². The summed E-state index contributed by atoms with van der Waals surface area (Å²) < 4.78 is 0. The number of rotatable bonds is 4. The van der Waals surface area contributed by atoms with Gasteiger partial charge in [0.2, 0.25) is 5.91 Å². The lowest BCUT2D eigenvalue weighted by molar-refractivity contribution is -0.115. The largest absolute Gasteiger partial charge is 0.507 e. The molecular weight excluding hydrogens is 258 g/mol. The second-order valence-electron chi connectivity index (χ2n) is 4.08. The summed E-state index contributed by atoms with van der Waals surface area (Å²) >= 11 is 1.34. The first kappa shape index (κ1) is 13.5. The number of hydrogen-bond donors (Lipinski definition) is 2. The van der Waals surface area contributed by atoms with Crippen LogP contribution in [0.5, 0.6) is 5.75 Å². The minimum atomic E-state index is -0.284. The van der Waals surface area contributed by atoms with Gasteiger partial charge in [-0.15, -0.1) is 11.8 Å². The number of benzene rings is 2. The molecule has 2 aromatic carbocycles. The van der Waals surface area contributed by atoms with E-state index < -0.39 is 0 Å². The fourth-order valence-corrected chi connectivity index (χ4v) is 2.46. The Labute approximate surface area is 116 Å². The van der Waals surface area contributed by atoms with Crippen LogP contribution in [0.3, 0.4) is 0 Å². The average Bonchev–Trinajstić information content (AvgIpc) is 2.42. The van der Waals surface area contributed by atoms with Crippen molar-refractivity contribution < 1.29 is 9.90 Å². The second-order valence-corrected chi connectivity index (χ2v) is 5.47. The monoisotopic (exact) mass is 273 g/mol. The molecule has 0 spiro atoms. The van der Waals surface area contributed by atoms with Crippen molar-refractivity contribution in [1.82, 2.24) is 0 Å². The summed E-state index contributed by atoms with van der Waals surface area (Å²) in [6.45, 7) is 1.81. The van der Waals surface area contributed by atoms with Crippen LogP contribution in [0.25, 0.3) is 0 Å². The molecule has 0 heterocycles. The van der Waals surface area contributed by atoms with Crippen LogP contribution in [0, 0.1) is 0 Å². The van der Waals surface area contributed by atoms with Crippen molar-refractivity contribution >= 4 is 23.4 Å². The molecule has 1 amide bonds. The van der Waals surface area contributed by atoms with Gasteiger partial charge in [-0.25, -0.2) is 0 Å². The maximum atomic E-state index is 12.0. The van der Waals surface area contributed by atoms with Crippen molar-refractivity contribution in [1.29, 1.82) is 0 Å². The number of amides is 1. The zero-order valence-electron chi connectivity index (χ0n) is 10.5. The smallest absolute Gasteiger partial charge is 0.237 e. The first-order valence-corrected chi connectivity index (χ1v) is 6.85. The average molecular weight is 273 g/mol. The third-order valence-electron chi connectivity index (χ3n) is 2.58. The molecule has 1 atom stereocenters. The Morgan fingerprint density at radius 1 is 1.11 bits per heavy atom. The highest BCUT2D eigenvalue weighted by molar-refractivity contribution is 8.00. The van der Waals surface area contributed by atoms with Gasteiger partial charge in [0.05, 0.1) is 5.25 Å². The summed E-state index contributed by atoms with van der Waals surface area (Å²) in [6, 6.07) is 16.3. The number of thioether (sulfide) groups is 1. The molecule has 0 aliphatic heterocycles. The van der Waals surface area contributed by atoms with E-state index in [0.717, 1.165) is 5.69 Å². The van der Waals surface area contributed by atoms with Crippen molar-refractivity contribution in [3.05, 3.63) is 54.6 Å². The molecule has 3 nitrogen and oxygen atoms in total. The Bertz CT molecular complexity index is 557. The number of anilines is 1. The van der Waals surface area contributed by atoms with E-state index in [0.29, 0.717) is 4.90 Å². The van der Waals surface area contributed by atoms with Crippen LogP contribution in [0.2, 0.25) is 0 Å². The van der Waals surface area contributed by atoms with E-state index in [9.17, 15) is 9.90 Å². The SMILES string of the molecule is CC(Sc1ccccc1O)C(=O)Nc1ccccc1. The molecule has 98 valence electrons. The number of aromatic hydroxyl groups is 1. The number of carbonyl (C=O) groups excluding carboxylic acids is 1. The zero-order valence-corrected chi connectivity index (χ0v) is 11.4. The van der Waals surface area contributed by atoms with Crippen LogP contribution < -0.4 is 5.32 Å². The summed E-state index contributed by atoms with van der Waals surface area (Å²) in [7, 11) is 0. The molecule has 0 saturated carbocycles. The lowest BCUT2D eigenvalue weighted by Gasteiger charge is -2.12. The van der Waals surface area contributed by atoms with Gasteiger partial charge in [0.15, 0.2) is 0 Å². The van der Waals surface area contributed by atoms with Crippen LogP contribution in [0.15, 0.2) is 59.5 Å². The second kappa shape index (κ2) is 6.29. The van der Waals surface area contributed by atoms with Gasteiger partial charge in [0.25, 0.3) is 0 Å². The van der Waals surface area contributed by atoms with E-state index in [-0.39, 0.29) is 16.9 Å². The lowest BCUT2D eigenvalue weighted by atomic mass is 10.3. The van der Waals surface area contributed by atoms with Gasteiger partial charge >= 0.3 is 0 Å². The molecule has 0 saturated heterocycles. The van der Waals surface area contributed by atoms with Crippen molar-refractivity contribution in [3.63, 3.8) is 0 Å². The van der Waals surface area contributed by atoms with Crippen LogP contribution in [-0.4, -0.2) is 16.3 Å². The number of nitrogens with one attached hydrogen (secondary N) is 1. The molecule has 0 bridgehead atoms. The predicted octanol–water partition coefficient (Wildman–Crippen LogP) is 3.51. The van der Waals surface area contributed by atoms with Gasteiger partial charge < -0.3 is 10.4 Å². The van der Waals surface area contributed by atoms with Gasteiger partial charge in [0, 0.05) is 10.6 Å². The van der Waals surface area contributed by atoms with Gasteiger partial charge in [-0.2, -0.15) is 0 Å². The summed E-state index contributed by atoms with van der Waals surface area (Å²) in [4.78, 5) is 12.7. The Balaban J connectivity index is 1.98. The fourth-order valence-electron chi connectivity index (χ4n) is 1.57. The van der Waals surface area contributed by atoms with Crippen LogP contribution in [-0.2, 0) is 4.79 Å². The van der Waals surface area contributed by atoms with Crippen LogP contribution in [0.4, 0.5) is 5.69 Å². The number of para-hydroxylation sites is 2. The molecule has 0 aliphatic carbocycles. The number of hydrogen-bond acceptors (Lipinski definition) is 3. The lowest BCUT2D eigenvalue weighted by Crippen LogP contribution is -2.22. The first-order valence-electron chi connectivity index (χ1n) is 5.97. The van der Waals surface area contributed by atoms with Crippen LogP contribution >= 0.6 is 11.8 Å². The molecule has 0 fully saturated rings. The number of phenols is 1. The molecule has 19 heavy (non-hydrogen) atoms. The molecule has 2 aromatic rings. The topological polar surface area (TPSA) is 49.3 Å². The highest BCUT2D eigenvalue weighted by Gasteiger charge is 2.15. The molecule has 0 aliphatic rings. The molecular formula is C15H15NO2S. The highest BCUT2D eigenvalue weighted by atomic mass is 32.2. The molecule has 2 N–H and O–H groups in total. The van der Waals surface area contributed by atoms with E-state index in [1.807, 2.05) is 43.3 Å². The Kier molecular flexibility index (Phi) is 4.47. The Morgan fingerprint density at radius 2 is 1.74 bits per heavy atom. The summed E-state index contributed by atoms with van der Waals surface area (Å²) in [5, 5.41) is 12.2.